The van der Waals surface area contributed by atoms with Crippen molar-refractivity contribution in [2.24, 2.45) is 0 Å². The molecule has 1 heterocycles. The smallest absolute Gasteiger partial charge is 0.266 e. The molecule has 38 heavy (non-hydrogen) atoms. The van der Waals surface area contributed by atoms with Crippen LogP contribution in [0.15, 0.2) is 89.7 Å². The zero-order chi connectivity index (χ0) is 26.8. The minimum Gasteiger partial charge on any atom is -0.329 e. The first-order chi connectivity index (χ1) is 18.4. The molecule has 0 radical (unpaired) electrons. The quantitative estimate of drug-likeness (QED) is 0.237. The van der Waals surface area contributed by atoms with Crippen molar-refractivity contribution >= 4 is 27.6 Å². The topological polar surface area (TPSA) is 55.2 Å². The van der Waals surface area contributed by atoms with Gasteiger partial charge in [-0.1, -0.05) is 79.6 Å². The predicted molar refractivity (Wildman–Crippen MR) is 155 cm³/mol. The summed E-state index contributed by atoms with van der Waals surface area (Å²) in [6, 6.07) is 26.8. The monoisotopic (exact) mass is 503 g/mol. The van der Waals surface area contributed by atoms with Crippen LogP contribution >= 0.6 is 0 Å². The molecule has 1 atom stereocenters. The van der Waals surface area contributed by atoms with Gasteiger partial charge < -0.3 is 4.90 Å². The summed E-state index contributed by atoms with van der Waals surface area (Å²) < 4.78 is 1.71. The molecule has 192 valence electrons. The van der Waals surface area contributed by atoms with Crippen LogP contribution < -0.4 is 5.56 Å². The highest BCUT2D eigenvalue weighted by Gasteiger charge is 2.28. The van der Waals surface area contributed by atoms with Crippen molar-refractivity contribution in [1.29, 1.82) is 0 Å². The number of hydrogen-bond acceptors (Lipinski definition) is 3. The first-order valence-electron chi connectivity index (χ1n) is 13.3. The molecular formula is C33H33N3O2. The van der Waals surface area contributed by atoms with Gasteiger partial charge in [0.1, 0.15) is 5.82 Å². The number of carbonyl (C=O) groups excluding carboxylic acids is 1. The normalized spacial score (nSPS) is 12.1. The second-order valence-electron chi connectivity index (χ2n) is 9.97. The van der Waals surface area contributed by atoms with Gasteiger partial charge in [-0.2, -0.15) is 0 Å². The lowest BCUT2D eigenvalue weighted by molar-refractivity contribution is 0.0680. The zero-order valence-corrected chi connectivity index (χ0v) is 22.4. The summed E-state index contributed by atoms with van der Waals surface area (Å²) in [6.45, 7) is 8.71. The summed E-state index contributed by atoms with van der Waals surface area (Å²) in [6.07, 6.45) is 1.79. The van der Waals surface area contributed by atoms with Crippen LogP contribution in [0.3, 0.4) is 0 Å². The van der Waals surface area contributed by atoms with E-state index in [1.807, 2.05) is 105 Å². The maximum atomic E-state index is 14.2. The Morgan fingerprint density at radius 3 is 2.39 bits per heavy atom. The molecule has 0 N–H and O–H groups in total. The second-order valence-corrected chi connectivity index (χ2v) is 9.97. The van der Waals surface area contributed by atoms with Crippen LogP contribution in [0.2, 0.25) is 0 Å². The van der Waals surface area contributed by atoms with Gasteiger partial charge in [0.05, 0.1) is 22.6 Å². The largest absolute Gasteiger partial charge is 0.329 e. The first-order valence-corrected chi connectivity index (χ1v) is 13.3. The molecule has 0 saturated carbocycles. The van der Waals surface area contributed by atoms with E-state index in [1.165, 1.54) is 0 Å². The third kappa shape index (κ3) is 4.60. The standard InChI is InChI=1S/C33H33N3O2/c1-5-6-20-35(32(37)27-16-11-13-25-12-7-8-14-26(25)27)24(4)31-34-29-17-10-9-15-28(29)33(38)36(31)30-19-18-22(2)21-23(30)3/h7-19,21,24H,5-6,20H2,1-4H3. The lowest BCUT2D eigenvalue weighted by atomic mass is 10.0. The molecule has 0 aliphatic rings. The van der Waals surface area contributed by atoms with Gasteiger partial charge in [-0.25, -0.2) is 4.98 Å². The Kier molecular flexibility index (Phi) is 7.10. The lowest BCUT2D eigenvalue weighted by Gasteiger charge is -2.31. The van der Waals surface area contributed by atoms with Gasteiger partial charge in [0, 0.05) is 12.1 Å². The number of amides is 1. The van der Waals surface area contributed by atoms with Crippen LogP contribution in [-0.4, -0.2) is 26.9 Å². The fourth-order valence-electron chi connectivity index (χ4n) is 5.22. The number of unbranched alkanes of at least 4 members (excludes halogenated alkanes) is 1. The summed E-state index contributed by atoms with van der Waals surface area (Å²) in [7, 11) is 0. The molecule has 0 spiro atoms. The first kappa shape index (κ1) is 25.4. The van der Waals surface area contributed by atoms with Crippen LogP contribution in [-0.2, 0) is 0 Å². The fraction of sp³-hybridized carbons (Fsp3) is 0.242. The molecule has 4 aromatic carbocycles. The SMILES string of the molecule is CCCCN(C(=O)c1cccc2ccccc12)C(C)c1nc2ccccc2c(=O)n1-c1ccc(C)cc1C. The number of hydrogen-bond donors (Lipinski definition) is 0. The Balaban J connectivity index is 1.71. The highest BCUT2D eigenvalue weighted by atomic mass is 16.2. The number of aryl methyl sites for hydroxylation is 2. The fourth-order valence-corrected chi connectivity index (χ4v) is 5.22. The van der Waals surface area contributed by atoms with E-state index >= 15 is 0 Å². The van der Waals surface area contributed by atoms with Crippen molar-refractivity contribution in [3.8, 4) is 5.69 Å². The van der Waals surface area contributed by atoms with E-state index in [0.717, 1.165) is 40.4 Å². The summed E-state index contributed by atoms with van der Waals surface area (Å²) in [5, 5.41) is 2.51. The van der Waals surface area contributed by atoms with Crippen molar-refractivity contribution in [2.45, 2.75) is 46.6 Å². The Labute approximate surface area is 223 Å². The van der Waals surface area contributed by atoms with Gasteiger partial charge in [-0.3, -0.25) is 14.2 Å². The van der Waals surface area contributed by atoms with Gasteiger partial charge in [0.25, 0.3) is 11.5 Å². The van der Waals surface area contributed by atoms with Crippen molar-refractivity contribution < 1.29 is 4.79 Å². The highest BCUT2D eigenvalue weighted by Crippen LogP contribution is 2.28. The number of benzene rings is 4. The molecule has 1 unspecified atom stereocenters. The molecule has 0 aliphatic carbocycles. The van der Waals surface area contributed by atoms with E-state index in [2.05, 4.69) is 13.0 Å². The van der Waals surface area contributed by atoms with Crippen LogP contribution in [0.25, 0.3) is 27.4 Å². The van der Waals surface area contributed by atoms with E-state index in [0.29, 0.717) is 28.8 Å². The van der Waals surface area contributed by atoms with Gasteiger partial charge in [0.2, 0.25) is 0 Å². The van der Waals surface area contributed by atoms with E-state index in [4.69, 9.17) is 4.98 Å². The Morgan fingerprint density at radius 2 is 1.63 bits per heavy atom. The van der Waals surface area contributed by atoms with E-state index in [-0.39, 0.29) is 11.5 Å². The molecule has 1 amide bonds. The molecule has 0 fully saturated rings. The Morgan fingerprint density at radius 1 is 0.921 bits per heavy atom. The minimum atomic E-state index is -0.439. The summed E-state index contributed by atoms with van der Waals surface area (Å²) in [5.41, 5.74) is 4.06. The minimum absolute atomic E-state index is 0.0580. The third-order valence-corrected chi connectivity index (χ3v) is 7.27. The van der Waals surface area contributed by atoms with Gasteiger partial charge in [0.15, 0.2) is 0 Å². The average molecular weight is 504 g/mol. The van der Waals surface area contributed by atoms with Gasteiger partial charge >= 0.3 is 0 Å². The number of aromatic nitrogens is 2. The Hall–Kier alpha value is -4.25. The number of rotatable bonds is 7. The number of carbonyl (C=O) groups is 1. The zero-order valence-electron chi connectivity index (χ0n) is 22.4. The third-order valence-electron chi connectivity index (χ3n) is 7.27. The lowest BCUT2D eigenvalue weighted by Crippen LogP contribution is -2.38. The molecule has 0 aliphatic heterocycles. The van der Waals surface area contributed by atoms with E-state index in [9.17, 15) is 9.59 Å². The molecule has 5 heteroatoms. The van der Waals surface area contributed by atoms with Crippen LogP contribution in [0.5, 0.6) is 0 Å². The number of fused-ring (bicyclic) bond motifs is 2. The number of nitrogens with zero attached hydrogens (tertiary/aromatic N) is 3. The molecule has 5 aromatic rings. The van der Waals surface area contributed by atoms with E-state index < -0.39 is 6.04 Å². The molecule has 0 saturated heterocycles. The van der Waals surface area contributed by atoms with Gasteiger partial charge in [-0.15, -0.1) is 0 Å². The summed E-state index contributed by atoms with van der Waals surface area (Å²) >= 11 is 0. The van der Waals surface area contributed by atoms with Crippen molar-refractivity contribution in [1.82, 2.24) is 14.5 Å². The van der Waals surface area contributed by atoms with E-state index in [1.54, 1.807) is 4.57 Å². The van der Waals surface area contributed by atoms with Gasteiger partial charge in [-0.05, 0) is 67.8 Å². The van der Waals surface area contributed by atoms with Crippen molar-refractivity contribution in [2.75, 3.05) is 6.54 Å². The predicted octanol–water partition coefficient (Wildman–Crippen LogP) is 7.16. The summed E-state index contributed by atoms with van der Waals surface area (Å²) in [4.78, 5) is 35.0. The molecule has 5 nitrogen and oxygen atoms in total. The number of para-hydroxylation sites is 1. The maximum Gasteiger partial charge on any atom is 0.266 e. The van der Waals surface area contributed by atoms with Crippen molar-refractivity contribution in [3.63, 3.8) is 0 Å². The molecular weight excluding hydrogens is 470 g/mol. The van der Waals surface area contributed by atoms with Crippen LogP contribution in [0, 0.1) is 13.8 Å². The summed E-state index contributed by atoms with van der Waals surface area (Å²) in [5.74, 6) is 0.502. The molecule has 0 bridgehead atoms. The van der Waals surface area contributed by atoms with Crippen LogP contribution in [0.1, 0.15) is 60.0 Å². The van der Waals surface area contributed by atoms with Crippen molar-refractivity contribution in [3.05, 3.63) is 118 Å². The highest BCUT2D eigenvalue weighted by molar-refractivity contribution is 6.07. The van der Waals surface area contributed by atoms with Crippen LogP contribution in [0.4, 0.5) is 0 Å². The maximum absolute atomic E-state index is 14.2. The second kappa shape index (κ2) is 10.6. The average Bonchev–Trinajstić information content (AvgIpc) is 2.93. The molecule has 1 aromatic heterocycles. The Bertz CT molecular complexity index is 1700. The molecule has 5 rings (SSSR count).